The third-order valence-electron chi connectivity index (χ3n) is 3.41. The van der Waals surface area contributed by atoms with E-state index < -0.39 is 24.6 Å². The number of methoxy groups -OCH3 is 1. The van der Waals surface area contributed by atoms with Gasteiger partial charge in [-0.3, -0.25) is 0 Å². The number of rotatable bonds is 5. The van der Waals surface area contributed by atoms with Crippen molar-refractivity contribution >= 4 is 0 Å². The molecule has 1 aliphatic rings. The predicted molar refractivity (Wildman–Crippen MR) is 70.3 cm³/mol. The number of ether oxygens (including phenoxy) is 2. The standard InChI is InChI=1S/C12H25N3O4/c1-4-8(13)5-15(14)6-9-10(16)7(2)11(17)12(18-3)19-9/h5,7,9-12,16-17H,4,6,13-14H2,1-3H3/b8-5-. The van der Waals surface area contributed by atoms with Crippen LogP contribution in [0.2, 0.25) is 0 Å². The first-order valence-corrected chi connectivity index (χ1v) is 6.42. The molecule has 7 heteroatoms. The summed E-state index contributed by atoms with van der Waals surface area (Å²) in [5, 5.41) is 21.3. The van der Waals surface area contributed by atoms with Crippen molar-refractivity contribution in [2.24, 2.45) is 17.5 Å². The maximum atomic E-state index is 10.1. The molecule has 6 N–H and O–H groups in total. The summed E-state index contributed by atoms with van der Waals surface area (Å²) in [6.07, 6.45) is -0.688. The molecule has 0 aromatic rings. The van der Waals surface area contributed by atoms with Crippen LogP contribution in [0.4, 0.5) is 0 Å². The first kappa shape index (κ1) is 16.2. The first-order chi connectivity index (χ1) is 8.90. The SMILES string of the molecule is CC/C(N)=C/N(N)CC1OC(OC)C(O)C(C)C1O. The predicted octanol–water partition coefficient (Wildman–Crippen LogP) is -0.899. The molecule has 1 rings (SSSR count). The topological polar surface area (TPSA) is 114 Å². The average Bonchev–Trinajstić information content (AvgIpc) is 2.39. The molecule has 5 atom stereocenters. The van der Waals surface area contributed by atoms with Crippen LogP contribution < -0.4 is 11.6 Å². The largest absolute Gasteiger partial charge is 0.401 e. The van der Waals surface area contributed by atoms with Gasteiger partial charge in [0.15, 0.2) is 6.29 Å². The van der Waals surface area contributed by atoms with Crippen LogP contribution in [-0.2, 0) is 9.47 Å². The Bertz CT molecular complexity index is 311. The number of aliphatic hydroxyl groups is 2. The number of nitrogens with two attached hydrogens (primary N) is 2. The Balaban J connectivity index is 2.66. The Morgan fingerprint density at radius 3 is 2.58 bits per heavy atom. The van der Waals surface area contributed by atoms with Crippen LogP contribution in [0.1, 0.15) is 20.3 Å². The van der Waals surface area contributed by atoms with Crippen LogP contribution in [0, 0.1) is 5.92 Å². The Hall–Kier alpha value is -0.860. The smallest absolute Gasteiger partial charge is 0.183 e. The third-order valence-corrected chi connectivity index (χ3v) is 3.41. The summed E-state index contributed by atoms with van der Waals surface area (Å²) in [6, 6.07) is 0. The first-order valence-electron chi connectivity index (χ1n) is 6.42. The van der Waals surface area contributed by atoms with Gasteiger partial charge >= 0.3 is 0 Å². The lowest BCUT2D eigenvalue weighted by atomic mass is 9.90. The van der Waals surface area contributed by atoms with E-state index in [1.165, 1.54) is 12.1 Å². The minimum Gasteiger partial charge on any atom is -0.401 e. The Kier molecular flexibility index (Phi) is 6.02. The van der Waals surface area contributed by atoms with Gasteiger partial charge < -0.3 is 30.4 Å². The highest BCUT2D eigenvalue weighted by Crippen LogP contribution is 2.26. The monoisotopic (exact) mass is 275 g/mol. The third kappa shape index (κ3) is 4.05. The zero-order chi connectivity index (χ0) is 14.6. The molecule has 0 aliphatic carbocycles. The molecule has 0 radical (unpaired) electrons. The van der Waals surface area contributed by atoms with Crippen LogP contribution in [0.5, 0.6) is 0 Å². The summed E-state index contributed by atoms with van der Waals surface area (Å²) in [4.78, 5) is 0. The van der Waals surface area contributed by atoms with Crippen LogP contribution in [-0.4, -0.2) is 53.5 Å². The molecule has 1 saturated heterocycles. The fourth-order valence-electron chi connectivity index (χ4n) is 2.03. The van der Waals surface area contributed by atoms with E-state index in [0.29, 0.717) is 12.1 Å². The quantitative estimate of drug-likeness (QED) is 0.380. The van der Waals surface area contributed by atoms with E-state index in [-0.39, 0.29) is 12.5 Å². The minimum atomic E-state index is -0.862. The highest BCUT2D eigenvalue weighted by molar-refractivity contribution is 4.95. The van der Waals surface area contributed by atoms with Crippen LogP contribution in [0.3, 0.4) is 0 Å². The van der Waals surface area contributed by atoms with E-state index in [1.807, 2.05) is 6.92 Å². The van der Waals surface area contributed by atoms with Crippen molar-refractivity contribution in [3.63, 3.8) is 0 Å². The molecular weight excluding hydrogens is 250 g/mol. The van der Waals surface area contributed by atoms with Gasteiger partial charge in [0.25, 0.3) is 0 Å². The Morgan fingerprint density at radius 1 is 1.42 bits per heavy atom. The van der Waals surface area contributed by atoms with Gasteiger partial charge in [-0.2, -0.15) is 0 Å². The zero-order valence-electron chi connectivity index (χ0n) is 11.7. The molecule has 0 aromatic heterocycles. The molecule has 0 spiro atoms. The minimum absolute atomic E-state index is 0.263. The number of hydrogen-bond donors (Lipinski definition) is 4. The lowest BCUT2D eigenvalue weighted by Crippen LogP contribution is -2.57. The van der Waals surface area contributed by atoms with Gasteiger partial charge in [0.1, 0.15) is 12.2 Å². The molecular formula is C12H25N3O4. The molecule has 1 heterocycles. The number of hydrazine groups is 1. The van der Waals surface area contributed by atoms with Gasteiger partial charge in [0, 0.05) is 24.9 Å². The number of allylic oxidation sites excluding steroid dienone is 1. The fourth-order valence-corrected chi connectivity index (χ4v) is 2.03. The molecule has 5 unspecified atom stereocenters. The maximum absolute atomic E-state index is 10.1. The van der Waals surface area contributed by atoms with Gasteiger partial charge in [0.2, 0.25) is 0 Å². The molecule has 7 nitrogen and oxygen atoms in total. The Morgan fingerprint density at radius 2 is 2.05 bits per heavy atom. The van der Waals surface area contributed by atoms with Gasteiger partial charge in [-0.1, -0.05) is 13.8 Å². The van der Waals surface area contributed by atoms with Gasteiger partial charge in [-0.15, -0.1) is 0 Å². The second-order valence-electron chi connectivity index (χ2n) is 4.87. The van der Waals surface area contributed by atoms with Crippen molar-refractivity contribution < 1.29 is 19.7 Å². The molecule has 1 aliphatic heterocycles. The summed E-state index contributed by atoms with van der Waals surface area (Å²) in [7, 11) is 1.45. The number of hydrogen-bond acceptors (Lipinski definition) is 7. The number of nitrogens with zero attached hydrogens (tertiary/aromatic N) is 1. The molecule has 0 bridgehead atoms. The fraction of sp³-hybridized carbons (Fsp3) is 0.833. The van der Waals surface area contributed by atoms with E-state index in [4.69, 9.17) is 21.1 Å². The summed E-state index contributed by atoms with van der Waals surface area (Å²) < 4.78 is 10.6. The van der Waals surface area contributed by atoms with Crippen molar-refractivity contribution in [2.75, 3.05) is 13.7 Å². The lowest BCUT2D eigenvalue weighted by Gasteiger charge is -2.41. The Labute approximate surface area is 113 Å². The molecule has 0 amide bonds. The summed E-state index contributed by atoms with van der Waals surface area (Å²) in [5.41, 5.74) is 6.33. The van der Waals surface area contributed by atoms with Crippen molar-refractivity contribution in [1.82, 2.24) is 5.01 Å². The van der Waals surface area contributed by atoms with E-state index >= 15 is 0 Å². The van der Waals surface area contributed by atoms with Crippen molar-refractivity contribution in [1.29, 1.82) is 0 Å². The van der Waals surface area contributed by atoms with Crippen molar-refractivity contribution in [3.8, 4) is 0 Å². The second kappa shape index (κ2) is 7.06. The summed E-state index contributed by atoms with van der Waals surface area (Å²) >= 11 is 0. The van der Waals surface area contributed by atoms with Crippen molar-refractivity contribution in [3.05, 3.63) is 11.9 Å². The molecule has 1 fully saturated rings. The lowest BCUT2D eigenvalue weighted by molar-refractivity contribution is -0.276. The average molecular weight is 275 g/mol. The molecule has 19 heavy (non-hydrogen) atoms. The van der Waals surface area contributed by atoms with E-state index in [2.05, 4.69) is 0 Å². The van der Waals surface area contributed by atoms with Gasteiger partial charge in [0.05, 0.1) is 12.6 Å². The highest BCUT2D eigenvalue weighted by Gasteiger charge is 2.42. The van der Waals surface area contributed by atoms with Crippen molar-refractivity contribution in [2.45, 2.75) is 44.9 Å². The normalized spacial score (nSPS) is 36.3. The summed E-state index contributed by atoms with van der Waals surface area (Å²) in [5.74, 6) is 5.44. The van der Waals surface area contributed by atoms with E-state index in [0.717, 1.165) is 0 Å². The van der Waals surface area contributed by atoms with Gasteiger partial charge in [-0.05, 0) is 6.42 Å². The maximum Gasteiger partial charge on any atom is 0.183 e. The van der Waals surface area contributed by atoms with Crippen LogP contribution >= 0.6 is 0 Å². The van der Waals surface area contributed by atoms with E-state index in [1.54, 1.807) is 13.1 Å². The van der Waals surface area contributed by atoms with Crippen LogP contribution in [0.25, 0.3) is 0 Å². The van der Waals surface area contributed by atoms with Crippen LogP contribution in [0.15, 0.2) is 11.9 Å². The van der Waals surface area contributed by atoms with Gasteiger partial charge in [-0.25, -0.2) is 5.84 Å². The van der Waals surface area contributed by atoms with E-state index in [9.17, 15) is 10.2 Å². The zero-order valence-corrected chi connectivity index (χ0v) is 11.7. The molecule has 112 valence electrons. The molecule has 0 saturated carbocycles. The number of aliphatic hydroxyl groups excluding tert-OH is 2. The highest BCUT2D eigenvalue weighted by atomic mass is 16.7. The summed E-state index contributed by atoms with van der Waals surface area (Å²) in [6.45, 7) is 3.93. The second-order valence-corrected chi connectivity index (χ2v) is 4.87. The molecule has 0 aromatic carbocycles.